The molecule has 0 bridgehead atoms. The molecule has 3 aromatic rings. The van der Waals surface area contributed by atoms with E-state index < -0.39 is 0 Å². The van der Waals surface area contributed by atoms with Crippen LogP contribution < -0.4 is 0 Å². The van der Waals surface area contributed by atoms with Crippen LogP contribution in [0.3, 0.4) is 0 Å². The van der Waals surface area contributed by atoms with Crippen LogP contribution in [0.5, 0.6) is 5.75 Å². The van der Waals surface area contributed by atoms with Crippen molar-refractivity contribution in [1.29, 1.82) is 0 Å². The van der Waals surface area contributed by atoms with Crippen LogP contribution in [0.4, 0.5) is 4.39 Å². The minimum atomic E-state index is -0.354. The monoisotopic (exact) mass is 381 g/mol. The molecule has 0 spiro atoms. The summed E-state index contributed by atoms with van der Waals surface area (Å²) in [5, 5.41) is 19.4. The van der Waals surface area contributed by atoms with Crippen molar-refractivity contribution in [3.05, 3.63) is 35.4 Å². The van der Waals surface area contributed by atoms with Crippen molar-refractivity contribution in [2.75, 3.05) is 20.1 Å². The zero-order valence-corrected chi connectivity index (χ0v) is 16.2. The second-order valence-electron chi connectivity index (χ2n) is 8.24. The minimum absolute atomic E-state index is 0.0304. The molecule has 6 nitrogen and oxygen atoms in total. The molecular weight excluding hydrogens is 357 g/mol. The number of fused-ring (bicyclic) bond motifs is 1. The molecular formula is C21H24FN5O. The summed E-state index contributed by atoms with van der Waals surface area (Å²) in [6, 6.07) is 3.14. The van der Waals surface area contributed by atoms with Crippen molar-refractivity contribution >= 4 is 11.2 Å². The van der Waals surface area contributed by atoms with Crippen LogP contribution in [-0.4, -0.2) is 49.9 Å². The van der Waals surface area contributed by atoms with Gasteiger partial charge in [0, 0.05) is 23.7 Å². The van der Waals surface area contributed by atoms with Crippen molar-refractivity contribution < 1.29 is 9.50 Å². The van der Waals surface area contributed by atoms with E-state index >= 15 is 0 Å². The fourth-order valence-corrected chi connectivity index (χ4v) is 4.35. The number of aromatic hydroxyl groups is 1. The third kappa shape index (κ3) is 2.85. The molecule has 2 aromatic heterocycles. The first-order chi connectivity index (χ1) is 13.5. The van der Waals surface area contributed by atoms with Gasteiger partial charge in [-0.3, -0.25) is 0 Å². The van der Waals surface area contributed by atoms with Crippen LogP contribution in [0.1, 0.15) is 48.8 Å². The first-order valence-electron chi connectivity index (χ1n) is 9.94. The lowest BCUT2D eigenvalue weighted by molar-refractivity contribution is 0.214. The number of benzene rings is 1. The molecule has 28 heavy (non-hydrogen) atoms. The highest BCUT2D eigenvalue weighted by molar-refractivity contribution is 5.84. The number of aryl methyl sites for hydroxylation is 1. The number of imidazole rings is 1. The van der Waals surface area contributed by atoms with Gasteiger partial charge in [-0.2, -0.15) is 0 Å². The van der Waals surface area contributed by atoms with Gasteiger partial charge in [0.15, 0.2) is 5.65 Å². The molecule has 1 aliphatic heterocycles. The van der Waals surface area contributed by atoms with Gasteiger partial charge in [-0.25, -0.2) is 9.37 Å². The van der Waals surface area contributed by atoms with Gasteiger partial charge in [0.2, 0.25) is 0 Å². The molecule has 2 aliphatic rings. The van der Waals surface area contributed by atoms with E-state index in [-0.39, 0.29) is 11.6 Å². The third-order valence-corrected chi connectivity index (χ3v) is 6.03. The van der Waals surface area contributed by atoms with Crippen LogP contribution >= 0.6 is 0 Å². The molecule has 1 saturated carbocycles. The van der Waals surface area contributed by atoms with E-state index in [1.165, 1.54) is 12.1 Å². The summed E-state index contributed by atoms with van der Waals surface area (Å²) in [7, 11) is 2.14. The molecule has 1 aromatic carbocycles. The van der Waals surface area contributed by atoms with Crippen LogP contribution in [0.25, 0.3) is 22.4 Å². The third-order valence-electron chi connectivity index (χ3n) is 6.03. The van der Waals surface area contributed by atoms with Crippen molar-refractivity contribution in [3.63, 3.8) is 0 Å². The Bertz CT molecular complexity index is 1060. The highest BCUT2D eigenvalue weighted by Crippen LogP contribution is 2.47. The van der Waals surface area contributed by atoms with E-state index in [9.17, 15) is 9.50 Å². The Labute approximate surface area is 163 Å². The fourth-order valence-electron chi connectivity index (χ4n) is 4.35. The Balaban J connectivity index is 1.66. The van der Waals surface area contributed by atoms with Gasteiger partial charge < -0.3 is 14.6 Å². The Morgan fingerprint density at radius 3 is 2.75 bits per heavy atom. The molecule has 3 heterocycles. The second-order valence-corrected chi connectivity index (χ2v) is 8.24. The second kappa shape index (κ2) is 6.51. The summed E-state index contributed by atoms with van der Waals surface area (Å²) in [6.07, 6.45) is 6.23. The van der Waals surface area contributed by atoms with E-state index in [0.29, 0.717) is 28.8 Å². The SMILES string of the molecule is Cc1cc(O)c(-c2nnc3c(ncn3[C@@H]3CCCN(C)C3)c2C2CC2)cc1F. The number of halogens is 1. The standard InChI is InChI=1S/C21H24FN5O/c1-12-8-17(28)15(9-16(12)22)19-18(13-5-6-13)20-21(25-24-19)27(11-23-20)14-4-3-7-26(2)10-14/h8-9,11,13-14,28H,3-7,10H2,1-2H3/t14-/m1/s1. The lowest BCUT2D eigenvalue weighted by Gasteiger charge is -2.30. The maximum Gasteiger partial charge on any atom is 0.183 e. The predicted molar refractivity (Wildman–Crippen MR) is 105 cm³/mol. The number of aromatic nitrogens is 4. The Hall–Kier alpha value is -2.54. The normalized spacial score (nSPS) is 20.8. The zero-order chi connectivity index (χ0) is 19.4. The van der Waals surface area contributed by atoms with Gasteiger partial charge in [-0.1, -0.05) is 0 Å². The van der Waals surface area contributed by atoms with Crippen LogP contribution in [0.15, 0.2) is 18.5 Å². The van der Waals surface area contributed by atoms with Gasteiger partial charge in [0.25, 0.3) is 0 Å². The summed E-state index contributed by atoms with van der Waals surface area (Å²) < 4.78 is 16.3. The quantitative estimate of drug-likeness (QED) is 0.748. The average Bonchev–Trinajstić information content (AvgIpc) is 3.42. The van der Waals surface area contributed by atoms with E-state index in [1.807, 2.05) is 6.33 Å². The molecule has 146 valence electrons. The van der Waals surface area contributed by atoms with Gasteiger partial charge >= 0.3 is 0 Å². The van der Waals surface area contributed by atoms with Crippen LogP contribution in [0, 0.1) is 12.7 Å². The molecule has 1 saturated heterocycles. The van der Waals surface area contributed by atoms with Crippen LogP contribution in [-0.2, 0) is 0 Å². The Morgan fingerprint density at radius 2 is 2.00 bits per heavy atom. The Kier molecular flexibility index (Phi) is 4.08. The van der Waals surface area contributed by atoms with Crippen molar-refractivity contribution in [2.24, 2.45) is 0 Å². The van der Waals surface area contributed by atoms with E-state index in [1.54, 1.807) is 6.92 Å². The molecule has 0 unspecified atom stereocenters. The molecule has 1 N–H and O–H groups in total. The summed E-state index contributed by atoms with van der Waals surface area (Å²) >= 11 is 0. The number of nitrogens with zero attached hydrogens (tertiary/aromatic N) is 5. The van der Waals surface area contributed by atoms with Gasteiger partial charge in [0.05, 0.1) is 6.33 Å². The molecule has 0 amide bonds. The van der Waals surface area contributed by atoms with Gasteiger partial charge in [-0.15, -0.1) is 10.2 Å². The number of rotatable bonds is 3. The summed E-state index contributed by atoms with van der Waals surface area (Å²) in [5.41, 5.74) is 3.98. The number of likely N-dealkylation sites (tertiary alicyclic amines) is 1. The van der Waals surface area contributed by atoms with Gasteiger partial charge in [0.1, 0.15) is 22.8 Å². The zero-order valence-electron chi connectivity index (χ0n) is 16.2. The first-order valence-corrected chi connectivity index (χ1v) is 9.94. The number of hydrogen-bond donors (Lipinski definition) is 1. The maximum atomic E-state index is 14.2. The maximum absolute atomic E-state index is 14.2. The number of phenols is 1. The Morgan fingerprint density at radius 1 is 1.18 bits per heavy atom. The van der Waals surface area contributed by atoms with Crippen molar-refractivity contribution in [2.45, 2.75) is 44.6 Å². The summed E-state index contributed by atoms with van der Waals surface area (Å²) in [4.78, 5) is 7.03. The topological polar surface area (TPSA) is 67.1 Å². The van der Waals surface area contributed by atoms with E-state index in [0.717, 1.165) is 55.5 Å². The lowest BCUT2D eigenvalue weighted by Crippen LogP contribution is -2.33. The number of piperidine rings is 1. The number of hydrogen-bond acceptors (Lipinski definition) is 5. The molecule has 0 radical (unpaired) electrons. The highest BCUT2D eigenvalue weighted by atomic mass is 19.1. The summed E-state index contributed by atoms with van der Waals surface area (Å²) in [5.74, 6) is 0.0177. The van der Waals surface area contributed by atoms with E-state index in [4.69, 9.17) is 4.98 Å². The first kappa shape index (κ1) is 17.6. The van der Waals surface area contributed by atoms with Crippen molar-refractivity contribution in [1.82, 2.24) is 24.6 Å². The molecule has 7 heteroatoms. The van der Waals surface area contributed by atoms with Crippen LogP contribution in [0.2, 0.25) is 0 Å². The number of phenolic OH excluding ortho intramolecular Hbond substituents is 1. The average molecular weight is 381 g/mol. The molecule has 2 fully saturated rings. The molecule has 1 aliphatic carbocycles. The predicted octanol–water partition coefficient (Wildman–Crippen LogP) is 3.79. The molecule has 5 rings (SSSR count). The smallest absolute Gasteiger partial charge is 0.183 e. The molecule has 1 atom stereocenters. The lowest BCUT2D eigenvalue weighted by atomic mass is 10.00. The number of likely N-dealkylation sites (N-methyl/N-ethyl adjacent to an activating group) is 1. The highest BCUT2D eigenvalue weighted by Gasteiger charge is 2.33. The van der Waals surface area contributed by atoms with Crippen molar-refractivity contribution in [3.8, 4) is 17.0 Å². The van der Waals surface area contributed by atoms with Gasteiger partial charge in [-0.05, 0) is 69.8 Å². The van der Waals surface area contributed by atoms with E-state index in [2.05, 4.69) is 26.7 Å². The summed E-state index contributed by atoms with van der Waals surface area (Å²) in [6.45, 7) is 3.72. The minimum Gasteiger partial charge on any atom is -0.507 e. The largest absolute Gasteiger partial charge is 0.507 e. The fraction of sp³-hybridized carbons (Fsp3) is 0.476.